The van der Waals surface area contributed by atoms with Gasteiger partial charge < -0.3 is 9.79 Å². The Morgan fingerprint density at radius 2 is 1.32 bits per heavy atom. The predicted molar refractivity (Wildman–Crippen MR) is 159 cm³/mol. The fraction of sp³-hybridized carbons (Fsp3) is 0.968. The first-order chi connectivity index (χ1) is 18.5. The van der Waals surface area contributed by atoms with Crippen LogP contribution >= 0.6 is 7.82 Å². The van der Waals surface area contributed by atoms with Gasteiger partial charge in [-0.25, -0.2) is 4.57 Å². The highest BCUT2D eigenvalue weighted by molar-refractivity contribution is 7.47. The summed E-state index contributed by atoms with van der Waals surface area (Å²) in [5, 5.41) is 0. The Hall–Kier alpha value is -0.260. The van der Waals surface area contributed by atoms with Crippen LogP contribution in [0.5, 0.6) is 0 Å². The number of carbonyl (C=O) groups excluding carboxylic acids is 1. The summed E-state index contributed by atoms with van der Waals surface area (Å²) >= 11 is 0. The molecule has 2 N–H and O–H groups in total. The third kappa shape index (κ3) is 21.5. The molecule has 0 bridgehead atoms. The molecule has 0 spiro atoms. The quantitative estimate of drug-likeness (QED) is 0.0753. The van der Waals surface area contributed by atoms with Crippen LogP contribution in [0.15, 0.2) is 0 Å². The third-order valence-corrected chi connectivity index (χ3v) is 8.96. The molecule has 1 fully saturated rings. The number of nitrogens with one attached hydrogen (secondary N) is 1. The number of phosphoric ester groups is 1. The second kappa shape index (κ2) is 24.5. The van der Waals surface area contributed by atoms with Crippen LogP contribution < -0.4 is 4.90 Å². The zero-order chi connectivity index (χ0) is 27.7. The molecule has 0 aromatic carbocycles. The van der Waals surface area contributed by atoms with Crippen LogP contribution in [0.3, 0.4) is 0 Å². The van der Waals surface area contributed by atoms with E-state index in [2.05, 4.69) is 6.92 Å². The molecular weight excluding hydrogens is 497 g/mol. The summed E-state index contributed by atoms with van der Waals surface area (Å²) in [6.07, 6.45) is 25.6. The molecule has 1 rings (SSSR count). The highest BCUT2D eigenvalue weighted by atomic mass is 31.2. The molecule has 0 radical (unpaired) electrons. The van der Waals surface area contributed by atoms with Crippen molar-refractivity contribution in [3.63, 3.8) is 0 Å². The van der Waals surface area contributed by atoms with Gasteiger partial charge in [-0.05, 0) is 31.6 Å². The molecule has 0 amide bonds. The SMILES string of the molecule is CCCCCCCCCCCCCCCCC(COP(=O)(O)OCCCC[NH+]1CCCC1)CC(=O)CCC. The summed E-state index contributed by atoms with van der Waals surface area (Å²) in [4.78, 5) is 24.0. The molecule has 1 aliphatic rings. The molecular formula is C31H63NO5P+. The van der Waals surface area contributed by atoms with E-state index in [1.54, 1.807) is 4.90 Å². The fourth-order valence-electron chi connectivity index (χ4n) is 5.59. The lowest BCUT2D eigenvalue weighted by atomic mass is 9.94. The minimum Gasteiger partial charge on any atom is -0.335 e. The van der Waals surface area contributed by atoms with Gasteiger partial charge in [0.15, 0.2) is 0 Å². The van der Waals surface area contributed by atoms with Crippen LogP contribution in [0, 0.1) is 5.92 Å². The average Bonchev–Trinajstić information content (AvgIpc) is 3.41. The molecule has 1 saturated heterocycles. The van der Waals surface area contributed by atoms with E-state index < -0.39 is 7.82 Å². The van der Waals surface area contributed by atoms with Gasteiger partial charge in [0.05, 0.1) is 32.8 Å². The maximum absolute atomic E-state index is 12.4. The van der Waals surface area contributed by atoms with Crippen LogP contribution in [0.4, 0.5) is 0 Å². The Morgan fingerprint density at radius 1 is 0.763 bits per heavy atom. The predicted octanol–water partition coefficient (Wildman–Crippen LogP) is 7.83. The lowest BCUT2D eigenvalue weighted by molar-refractivity contribution is -0.887. The van der Waals surface area contributed by atoms with Crippen molar-refractivity contribution in [2.75, 3.05) is 32.8 Å². The summed E-state index contributed by atoms with van der Waals surface area (Å²) in [6.45, 7) is 8.27. The molecule has 6 nitrogen and oxygen atoms in total. The second-order valence-corrected chi connectivity index (χ2v) is 13.2. The molecule has 2 unspecified atom stereocenters. The van der Waals surface area contributed by atoms with Gasteiger partial charge in [-0.3, -0.25) is 13.8 Å². The number of hydrogen-bond acceptors (Lipinski definition) is 4. The van der Waals surface area contributed by atoms with Gasteiger partial charge in [0.2, 0.25) is 0 Å². The van der Waals surface area contributed by atoms with Crippen molar-refractivity contribution >= 4 is 13.6 Å². The van der Waals surface area contributed by atoms with Gasteiger partial charge in [0, 0.05) is 25.7 Å². The third-order valence-electron chi connectivity index (χ3n) is 7.97. The normalized spacial score (nSPS) is 16.6. The number of hydrogen-bond donors (Lipinski definition) is 2. The van der Waals surface area contributed by atoms with Crippen molar-refractivity contribution in [3.8, 4) is 0 Å². The van der Waals surface area contributed by atoms with Gasteiger partial charge in [-0.2, -0.15) is 0 Å². The highest BCUT2D eigenvalue weighted by Crippen LogP contribution is 2.44. The number of ketones is 1. The van der Waals surface area contributed by atoms with E-state index in [1.165, 1.54) is 103 Å². The van der Waals surface area contributed by atoms with E-state index in [1.807, 2.05) is 6.92 Å². The van der Waals surface area contributed by atoms with Crippen molar-refractivity contribution in [3.05, 3.63) is 0 Å². The summed E-state index contributed by atoms with van der Waals surface area (Å²) in [6, 6.07) is 0. The van der Waals surface area contributed by atoms with E-state index in [9.17, 15) is 14.3 Å². The molecule has 1 aliphatic heterocycles. The number of phosphoric acid groups is 1. The summed E-state index contributed by atoms with van der Waals surface area (Å²) in [5.74, 6) is 0.221. The molecule has 0 aromatic heterocycles. The maximum Gasteiger partial charge on any atom is 0.472 e. The van der Waals surface area contributed by atoms with E-state index in [0.29, 0.717) is 12.8 Å². The lowest BCUT2D eigenvalue weighted by Gasteiger charge is -2.19. The Labute approximate surface area is 235 Å². The first kappa shape index (κ1) is 35.8. The molecule has 226 valence electrons. The van der Waals surface area contributed by atoms with Crippen molar-refractivity contribution in [2.45, 2.75) is 155 Å². The van der Waals surface area contributed by atoms with Crippen LogP contribution in [0.1, 0.15) is 155 Å². The van der Waals surface area contributed by atoms with E-state index in [-0.39, 0.29) is 24.9 Å². The van der Waals surface area contributed by atoms with Crippen LogP contribution in [-0.2, 0) is 18.4 Å². The van der Waals surface area contributed by atoms with Crippen LogP contribution in [0.25, 0.3) is 0 Å². The molecule has 1 heterocycles. The zero-order valence-electron chi connectivity index (χ0n) is 25.2. The largest absolute Gasteiger partial charge is 0.472 e. The molecule has 0 saturated carbocycles. The van der Waals surface area contributed by atoms with Crippen LogP contribution in [-0.4, -0.2) is 43.5 Å². The Balaban J connectivity index is 2.13. The topological polar surface area (TPSA) is 77.3 Å². The van der Waals surface area contributed by atoms with Crippen molar-refractivity contribution in [2.24, 2.45) is 5.92 Å². The van der Waals surface area contributed by atoms with Crippen molar-refractivity contribution < 1.29 is 28.2 Å². The monoisotopic (exact) mass is 560 g/mol. The Morgan fingerprint density at radius 3 is 1.87 bits per heavy atom. The average molecular weight is 561 g/mol. The minimum atomic E-state index is -4.06. The van der Waals surface area contributed by atoms with E-state index in [0.717, 1.165) is 45.1 Å². The fourth-order valence-corrected chi connectivity index (χ4v) is 6.43. The van der Waals surface area contributed by atoms with Gasteiger partial charge in [0.25, 0.3) is 0 Å². The number of unbranched alkanes of at least 4 members (excludes halogenated alkanes) is 14. The van der Waals surface area contributed by atoms with E-state index in [4.69, 9.17) is 9.05 Å². The molecule has 0 aliphatic carbocycles. The zero-order valence-corrected chi connectivity index (χ0v) is 26.1. The number of rotatable bonds is 28. The lowest BCUT2D eigenvalue weighted by Crippen LogP contribution is -3.09. The van der Waals surface area contributed by atoms with Crippen LogP contribution in [0.2, 0.25) is 0 Å². The molecule has 2 atom stereocenters. The molecule has 7 heteroatoms. The number of Topliss-reactive ketones (excluding diaryl/α,β-unsaturated/α-hetero) is 1. The standard InChI is InChI=1S/C31H62NO5P/c1-3-5-6-7-8-9-10-11-12-13-14-15-16-17-23-30(28-31(33)22-4-2)29-37-38(34,35)36-27-21-20-26-32-24-18-19-25-32/h30H,3-29H2,1-2H3,(H,34,35)/p+1. The Kier molecular flexibility index (Phi) is 23.1. The van der Waals surface area contributed by atoms with Gasteiger partial charge in [-0.15, -0.1) is 0 Å². The number of likely N-dealkylation sites (tertiary alicyclic amines) is 1. The summed E-state index contributed by atoms with van der Waals surface area (Å²) in [5.41, 5.74) is 0. The van der Waals surface area contributed by atoms with Crippen molar-refractivity contribution in [1.82, 2.24) is 0 Å². The maximum atomic E-state index is 12.4. The van der Waals surface area contributed by atoms with Crippen molar-refractivity contribution in [1.29, 1.82) is 0 Å². The highest BCUT2D eigenvalue weighted by Gasteiger charge is 2.24. The number of carbonyl (C=O) groups is 1. The van der Waals surface area contributed by atoms with Gasteiger partial charge in [-0.1, -0.05) is 104 Å². The number of quaternary nitrogens is 1. The van der Waals surface area contributed by atoms with Gasteiger partial charge >= 0.3 is 7.82 Å². The first-order valence-electron chi connectivity index (χ1n) is 16.4. The molecule has 38 heavy (non-hydrogen) atoms. The summed E-state index contributed by atoms with van der Waals surface area (Å²) in [7, 11) is -4.06. The minimum absolute atomic E-state index is 0.00535. The first-order valence-corrected chi connectivity index (χ1v) is 17.9. The molecule has 0 aromatic rings. The van der Waals surface area contributed by atoms with E-state index >= 15 is 0 Å². The summed E-state index contributed by atoms with van der Waals surface area (Å²) < 4.78 is 22.9. The second-order valence-electron chi connectivity index (χ2n) is 11.8. The smallest absolute Gasteiger partial charge is 0.335 e. The Bertz CT molecular complexity index is 597. The van der Waals surface area contributed by atoms with Gasteiger partial charge in [0.1, 0.15) is 5.78 Å².